The van der Waals surface area contributed by atoms with Crippen molar-refractivity contribution in [1.29, 1.82) is 0 Å². The number of nitrogens with one attached hydrogen (secondary N) is 1. The molecule has 1 aromatic carbocycles. The van der Waals surface area contributed by atoms with Gasteiger partial charge in [-0.2, -0.15) is 5.10 Å². The van der Waals surface area contributed by atoms with E-state index in [0.29, 0.717) is 18.9 Å². The summed E-state index contributed by atoms with van der Waals surface area (Å²) in [7, 11) is 1.66. The van der Waals surface area contributed by atoms with Crippen molar-refractivity contribution in [1.82, 2.24) is 20.1 Å². The van der Waals surface area contributed by atoms with Crippen LogP contribution in [-0.4, -0.2) is 52.8 Å². The van der Waals surface area contributed by atoms with E-state index in [1.807, 2.05) is 35.2 Å². The van der Waals surface area contributed by atoms with Gasteiger partial charge < -0.3 is 9.64 Å². The molecule has 1 saturated heterocycles. The molecule has 24 heavy (non-hydrogen) atoms. The van der Waals surface area contributed by atoms with Crippen LogP contribution in [0, 0.1) is 0 Å². The van der Waals surface area contributed by atoms with Crippen LogP contribution in [-0.2, 0) is 9.53 Å². The van der Waals surface area contributed by atoms with Crippen LogP contribution in [0.2, 0.25) is 0 Å². The lowest BCUT2D eigenvalue weighted by atomic mass is 9.97. The molecule has 1 aliphatic rings. The van der Waals surface area contributed by atoms with Crippen LogP contribution in [0.1, 0.15) is 37.4 Å². The van der Waals surface area contributed by atoms with Gasteiger partial charge in [-0.3, -0.25) is 9.89 Å². The number of amides is 1. The molecule has 2 heterocycles. The van der Waals surface area contributed by atoms with E-state index in [4.69, 9.17) is 4.74 Å². The number of carbonyl (C=O) groups is 1. The number of H-pyrrole nitrogens is 1. The molecular formula is C18H24N4O2. The van der Waals surface area contributed by atoms with Gasteiger partial charge in [0.2, 0.25) is 5.91 Å². The third-order valence-corrected chi connectivity index (χ3v) is 4.43. The molecule has 1 fully saturated rings. The second-order valence-corrected chi connectivity index (χ2v) is 6.19. The van der Waals surface area contributed by atoms with Gasteiger partial charge in [0.1, 0.15) is 5.82 Å². The minimum atomic E-state index is 0.208. The number of nitrogens with zero attached hydrogens (tertiary/aromatic N) is 3. The van der Waals surface area contributed by atoms with Gasteiger partial charge >= 0.3 is 0 Å². The third-order valence-electron chi connectivity index (χ3n) is 4.43. The first-order chi connectivity index (χ1) is 11.8. The average Bonchev–Trinajstić information content (AvgIpc) is 3.13. The maximum absolute atomic E-state index is 12.3. The summed E-state index contributed by atoms with van der Waals surface area (Å²) in [5.74, 6) is 2.03. The van der Waals surface area contributed by atoms with E-state index in [1.54, 1.807) is 7.11 Å². The summed E-state index contributed by atoms with van der Waals surface area (Å²) in [6.45, 7) is 2.18. The molecule has 1 aromatic heterocycles. The molecule has 3 rings (SSSR count). The van der Waals surface area contributed by atoms with Gasteiger partial charge in [-0.05, 0) is 19.3 Å². The highest BCUT2D eigenvalue weighted by molar-refractivity contribution is 5.76. The van der Waals surface area contributed by atoms with Crippen molar-refractivity contribution in [3.63, 3.8) is 0 Å². The smallest absolute Gasteiger partial charge is 0.222 e. The van der Waals surface area contributed by atoms with Crippen LogP contribution in [0.25, 0.3) is 11.4 Å². The van der Waals surface area contributed by atoms with Gasteiger partial charge in [-0.15, -0.1) is 0 Å². The van der Waals surface area contributed by atoms with Crippen molar-refractivity contribution in [2.75, 3.05) is 26.8 Å². The van der Waals surface area contributed by atoms with E-state index >= 15 is 0 Å². The van der Waals surface area contributed by atoms with E-state index in [0.717, 1.165) is 43.7 Å². The molecule has 0 aliphatic carbocycles. The minimum Gasteiger partial charge on any atom is -0.385 e. The zero-order valence-corrected chi connectivity index (χ0v) is 14.1. The Morgan fingerprint density at radius 1 is 1.38 bits per heavy atom. The molecule has 6 nitrogen and oxygen atoms in total. The maximum Gasteiger partial charge on any atom is 0.222 e. The topological polar surface area (TPSA) is 71.1 Å². The molecule has 6 heteroatoms. The van der Waals surface area contributed by atoms with E-state index in [2.05, 4.69) is 15.2 Å². The fourth-order valence-electron chi connectivity index (χ4n) is 3.13. The summed E-state index contributed by atoms with van der Waals surface area (Å²) >= 11 is 0. The summed E-state index contributed by atoms with van der Waals surface area (Å²) < 4.78 is 5.02. The lowest BCUT2D eigenvalue weighted by molar-refractivity contribution is -0.132. The lowest BCUT2D eigenvalue weighted by Gasteiger charge is -2.31. The van der Waals surface area contributed by atoms with E-state index in [-0.39, 0.29) is 11.8 Å². The molecule has 0 spiro atoms. The number of hydrogen-bond donors (Lipinski definition) is 1. The monoisotopic (exact) mass is 328 g/mol. The molecule has 0 radical (unpaired) electrons. The third kappa shape index (κ3) is 4.00. The quantitative estimate of drug-likeness (QED) is 0.828. The highest BCUT2D eigenvalue weighted by atomic mass is 16.5. The second-order valence-electron chi connectivity index (χ2n) is 6.19. The molecule has 0 bridgehead atoms. The van der Waals surface area contributed by atoms with Crippen LogP contribution < -0.4 is 0 Å². The lowest BCUT2D eigenvalue weighted by Crippen LogP contribution is -2.39. The summed E-state index contributed by atoms with van der Waals surface area (Å²) in [6.07, 6.45) is 3.36. The van der Waals surface area contributed by atoms with Crippen molar-refractivity contribution in [2.24, 2.45) is 0 Å². The SMILES string of the molecule is COCCCC(=O)N1CCCC(c2nc(-c3ccccc3)n[nH]2)C1. The fourth-order valence-corrected chi connectivity index (χ4v) is 3.13. The van der Waals surface area contributed by atoms with Crippen LogP contribution >= 0.6 is 0 Å². The Labute approximate surface area is 142 Å². The number of rotatable bonds is 6. The maximum atomic E-state index is 12.3. The predicted molar refractivity (Wildman–Crippen MR) is 91.5 cm³/mol. The Morgan fingerprint density at radius 3 is 3.00 bits per heavy atom. The van der Waals surface area contributed by atoms with E-state index < -0.39 is 0 Å². The highest BCUT2D eigenvalue weighted by Gasteiger charge is 2.26. The number of aromatic amines is 1. The average molecular weight is 328 g/mol. The van der Waals surface area contributed by atoms with Crippen molar-refractivity contribution in [2.45, 2.75) is 31.6 Å². The minimum absolute atomic E-state index is 0.208. The van der Waals surface area contributed by atoms with Crippen LogP contribution in [0.4, 0.5) is 0 Å². The van der Waals surface area contributed by atoms with Crippen molar-refractivity contribution in [3.05, 3.63) is 36.2 Å². The number of ether oxygens (including phenoxy) is 1. The number of carbonyl (C=O) groups excluding carboxylic acids is 1. The van der Waals surface area contributed by atoms with Gasteiger partial charge in [0.05, 0.1) is 0 Å². The summed E-state index contributed by atoms with van der Waals surface area (Å²) in [5.41, 5.74) is 1.00. The Morgan fingerprint density at radius 2 is 2.21 bits per heavy atom. The van der Waals surface area contributed by atoms with Crippen molar-refractivity contribution < 1.29 is 9.53 Å². The van der Waals surface area contributed by atoms with Gasteiger partial charge in [0.25, 0.3) is 0 Å². The molecule has 1 unspecified atom stereocenters. The number of hydrogen-bond acceptors (Lipinski definition) is 4. The van der Waals surface area contributed by atoms with Gasteiger partial charge in [0, 0.05) is 44.7 Å². The van der Waals surface area contributed by atoms with E-state index in [9.17, 15) is 4.79 Å². The zero-order valence-electron chi connectivity index (χ0n) is 14.1. The summed E-state index contributed by atoms with van der Waals surface area (Å²) in [6, 6.07) is 9.93. The first-order valence-electron chi connectivity index (χ1n) is 8.52. The normalized spacial score (nSPS) is 17.9. The number of aromatic nitrogens is 3. The van der Waals surface area contributed by atoms with Crippen LogP contribution in [0.5, 0.6) is 0 Å². The highest BCUT2D eigenvalue weighted by Crippen LogP contribution is 2.26. The standard InChI is InChI=1S/C18H24N4O2/c1-24-12-6-10-16(23)22-11-5-9-15(13-22)18-19-17(20-21-18)14-7-3-2-4-8-14/h2-4,7-8,15H,5-6,9-13H2,1H3,(H,19,20,21). The molecular weight excluding hydrogens is 304 g/mol. The molecule has 128 valence electrons. The summed E-state index contributed by atoms with van der Waals surface area (Å²) in [4.78, 5) is 18.9. The van der Waals surface area contributed by atoms with Crippen molar-refractivity contribution in [3.8, 4) is 11.4 Å². The molecule has 2 aromatic rings. The zero-order chi connectivity index (χ0) is 16.8. The van der Waals surface area contributed by atoms with Crippen LogP contribution in [0.15, 0.2) is 30.3 Å². The first-order valence-corrected chi connectivity index (χ1v) is 8.52. The predicted octanol–water partition coefficient (Wildman–Crippen LogP) is 2.60. The largest absolute Gasteiger partial charge is 0.385 e. The van der Waals surface area contributed by atoms with Crippen LogP contribution in [0.3, 0.4) is 0 Å². The Kier molecular flexibility index (Phi) is 5.59. The first kappa shape index (κ1) is 16.6. The van der Waals surface area contributed by atoms with Gasteiger partial charge in [-0.25, -0.2) is 4.98 Å². The number of likely N-dealkylation sites (tertiary alicyclic amines) is 1. The number of methoxy groups -OCH3 is 1. The molecule has 1 atom stereocenters. The van der Waals surface area contributed by atoms with Crippen molar-refractivity contribution >= 4 is 5.91 Å². The number of piperidine rings is 1. The molecule has 1 amide bonds. The van der Waals surface area contributed by atoms with Gasteiger partial charge in [-0.1, -0.05) is 30.3 Å². The van der Waals surface area contributed by atoms with Gasteiger partial charge in [0.15, 0.2) is 5.82 Å². The number of benzene rings is 1. The molecule has 1 N–H and O–H groups in total. The summed E-state index contributed by atoms with van der Waals surface area (Å²) in [5, 5.41) is 7.40. The fraction of sp³-hybridized carbons (Fsp3) is 0.500. The second kappa shape index (κ2) is 8.06. The Hall–Kier alpha value is -2.21. The van der Waals surface area contributed by atoms with E-state index in [1.165, 1.54) is 0 Å². The Bertz CT molecular complexity index is 656. The molecule has 0 saturated carbocycles. The Balaban J connectivity index is 1.63. The molecule has 1 aliphatic heterocycles.